The van der Waals surface area contributed by atoms with Crippen molar-refractivity contribution in [3.8, 4) is 0 Å². The van der Waals surface area contributed by atoms with Gasteiger partial charge in [-0.15, -0.1) is 0 Å². The molecular formula is C11H17NO2. The highest BCUT2D eigenvalue weighted by Crippen LogP contribution is 2.21. The van der Waals surface area contributed by atoms with E-state index in [0.29, 0.717) is 0 Å². The van der Waals surface area contributed by atoms with Crippen LogP contribution in [0.1, 0.15) is 22.8 Å². The molecule has 2 unspecified atom stereocenters. The fourth-order valence-corrected chi connectivity index (χ4v) is 1.42. The zero-order valence-corrected chi connectivity index (χ0v) is 8.57. The Morgan fingerprint density at radius 2 is 2.00 bits per heavy atom. The van der Waals surface area contributed by atoms with Crippen molar-refractivity contribution in [1.82, 2.24) is 0 Å². The van der Waals surface area contributed by atoms with E-state index in [1.54, 1.807) is 0 Å². The second kappa shape index (κ2) is 4.55. The minimum absolute atomic E-state index is 0.214. The monoisotopic (exact) mass is 195 g/mol. The highest BCUT2D eigenvalue weighted by Gasteiger charge is 2.17. The molecule has 3 heteroatoms. The summed E-state index contributed by atoms with van der Waals surface area (Å²) in [5, 5.41) is 18.7. The van der Waals surface area contributed by atoms with Gasteiger partial charge in [0.15, 0.2) is 0 Å². The molecule has 0 aliphatic carbocycles. The Morgan fingerprint density at radius 1 is 1.36 bits per heavy atom. The maximum atomic E-state index is 9.81. The average molecular weight is 195 g/mol. The van der Waals surface area contributed by atoms with Crippen molar-refractivity contribution < 1.29 is 10.2 Å². The quantitative estimate of drug-likeness (QED) is 0.663. The van der Waals surface area contributed by atoms with Crippen molar-refractivity contribution >= 4 is 0 Å². The largest absolute Gasteiger partial charge is 0.395 e. The van der Waals surface area contributed by atoms with Crippen LogP contribution in [0.3, 0.4) is 0 Å². The fourth-order valence-electron chi connectivity index (χ4n) is 1.42. The Balaban J connectivity index is 3.01. The molecule has 1 aromatic rings. The normalized spacial score (nSPS) is 15.2. The lowest BCUT2D eigenvalue weighted by atomic mass is 9.96. The smallest absolute Gasteiger partial charge is 0.0965 e. The summed E-state index contributed by atoms with van der Waals surface area (Å²) >= 11 is 0. The van der Waals surface area contributed by atoms with Gasteiger partial charge < -0.3 is 15.9 Å². The van der Waals surface area contributed by atoms with Crippen LogP contribution in [0.15, 0.2) is 18.2 Å². The molecule has 0 amide bonds. The molecule has 14 heavy (non-hydrogen) atoms. The third-order valence-corrected chi connectivity index (χ3v) is 2.58. The Kier molecular flexibility index (Phi) is 3.63. The van der Waals surface area contributed by atoms with Crippen LogP contribution in [-0.4, -0.2) is 22.9 Å². The van der Waals surface area contributed by atoms with Crippen molar-refractivity contribution in [1.29, 1.82) is 0 Å². The predicted octanol–water partition coefficient (Wildman–Crippen LogP) is 0.656. The Hall–Kier alpha value is -0.900. The molecule has 4 N–H and O–H groups in total. The number of hydrogen-bond acceptors (Lipinski definition) is 3. The molecule has 0 saturated carbocycles. The number of aliphatic hydroxyl groups excluding tert-OH is 2. The second-order valence-electron chi connectivity index (χ2n) is 3.58. The Bertz CT molecular complexity index is 312. The molecule has 0 aromatic heterocycles. The first kappa shape index (κ1) is 11.2. The Labute approximate surface area is 84.2 Å². The summed E-state index contributed by atoms with van der Waals surface area (Å²) < 4.78 is 0. The summed E-state index contributed by atoms with van der Waals surface area (Å²) in [4.78, 5) is 0. The number of aliphatic hydroxyl groups is 2. The van der Waals surface area contributed by atoms with Crippen molar-refractivity contribution in [2.45, 2.75) is 26.0 Å². The first-order valence-corrected chi connectivity index (χ1v) is 4.68. The predicted molar refractivity (Wildman–Crippen MR) is 55.9 cm³/mol. The topological polar surface area (TPSA) is 66.5 Å². The summed E-state index contributed by atoms with van der Waals surface area (Å²) in [6.07, 6.45) is -0.792. The van der Waals surface area contributed by atoms with Crippen molar-refractivity contribution in [2.24, 2.45) is 5.73 Å². The molecule has 2 atom stereocenters. The molecule has 1 rings (SSSR count). The lowest BCUT2D eigenvalue weighted by Crippen LogP contribution is -2.32. The highest BCUT2D eigenvalue weighted by molar-refractivity contribution is 5.35. The molecule has 0 saturated heterocycles. The van der Waals surface area contributed by atoms with Gasteiger partial charge in [-0.2, -0.15) is 0 Å². The first-order chi connectivity index (χ1) is 6.57. The van der Waals surface area contributed by atoms with Crippen LogP contribution in [0, 0.1) is 13.8 Å². The van der Waals surface area contributed by atoms with Gasteiger partial charge in [-0.05, 0) is 30.5 Å². The van der Waals surface area contributed by atoms with Crippen LogP contribution in [0.4, 0.5) is 0 Å². The Morgan fingerprint density at radius 3 is 2.57 bits per heavy atom. The zero-order chi connectivity index (χ0) is 10.7. The van der Waals surface area contributed by atoms with Crippen molar-refractivity contribution in [2.75, 3.05) is 6.61 Å². The van der Waals surface area contributed by atoms with E-state index in [1.807, 2.05) is 32.0 Å². The standard InChI is InChI=1S/C11H17NO2/c1-7-4-3-5-9(8(7)2)11(14)10(12)6-13/h3-5,10-11,13-14H,6,12H2,1-2H3. The molecule has 0 bridgehead atoms. The number of benzene rings is 1. The molecule has 3 nitrogen and oxygen atoms in total. The minimum atomic E-state index is -0.792. The summed E-state index contributed by atoms with van der Waals surface area (Å²) in [6, 6.07) is 5.08. The lowest BCUT2D eigenvalue weighted by molar-refractivity contribution is 0.109. The summed E-state index contributed by atoms with van der Waals surface area (Å²) in [6.45, 7) is 3.71. The fraction of sp³-hybridized carbons (Fsp3) is 0.455. The molecule has 0 aliphatic heterocycles. The summed E-state index contributed by atoms with van der Waals surface area (Å²) in [7, 11) is 0. The van der Waals surface area contributed by atoms with Crippen molar-refractivity contribution in [3.63, 3.8) is 0 Å². The van der Waals surface area contributed by atoms with Gasteiger partial charge in [0, 0.05) is 0 Å². The zero-order valence-electron chi connectivity index (χ0n) is 8.57. The molecule has 0 aliphatic rings. The maximum absolute atomic E-state index is 9.81. The molecule has 0 radical (unpaired) electrons. The van der Waals surface area contributed by atoms with Crippen LogP contribution in [0.5, 0.6) is 0 Å². The van der Waals surface area contributed by atoms with Gasteiger partial charge in [0.2, 0.25) is 0 Å². The average Bonchev–Trinajstić information content (AvgIpc) is 2.20. The van der Waals surface area contributed by atoms with Gasteiger partial charge in [0.1, 0.15) is 0 Å². The van der Waals surface area contributed by atoms with Gasteiger partial charge in [0.25, 0.3) is 0 Å². The summed E-state index contributed by atoms with van der Waals surface area (Å²) in [5.74, 6) is 0. The van der Waals surface area contributed by atoms with E-state index < -0.39 is 12.1 Å². The highest BCUT2D eigenvalue weighted by atomic mass is 16.3. The van der Waals surface area contributed by atoms with E-state index >= 15 is 0 Å². The third kappa shape index (κ3) is 2.12. The van der Waals surface area contributed by atoms with E-state index in [-0.39, 0.29) is 6.61 Å². The molecule has 0 fully saturated rings. The number of rotatable bonds is 3. The third-order valence-electron chi connectivity index (χ3n) is 2.58. The maximum Gasteiger partial charge on any atom is 0.0965 e. The van der Waals surface area contributed by atoms with E-state index in [2.05, 4.69) is 0 Å². The van der Waals surface area contributed by atoms with Gasteiger partial charge in [0.05, 0.1) is 18.8 Å². The summed E-state index contributed by atoms with van der Waals surface area (Å²) in [5.41, 5.74) is 8.51. The number of aryl methyl sites for hydroxylation is 1. The van der Waals surface area contributed by atoms with E-state index in [1.165, 1.54) is 0 Å². The van der Waals surface area contributed by atoms with Crippen molar-refractivity contribution in [3.05, 3.63) is 34.9 Å². The second-order valence-corrected chi connectivity index (χ2v) is 3.58. The van der Waals surface area contributed by atoms with Crippen LogP contribution >= 0.6 is 0 Å². The van der Waals surface area contributed by atoms with Crippen LogP contribution in [-0.2, 0) is 0 Å². The molecular weight excluding hydrogens is 178 g/mol. The van der Waals surface area contributed by atoms with E-state index in [4.69, 9.17) is 10.8 Å². The van der Waals surface area contributed by atoms with E-state index in [9.17, 15) is 5.11 Å². The molecule has 0 spiro atoms. The minimum Gasteiger partial charge on any atom is -0.395 e. The lowest BCUT2D eigenvalue weighted by Gasteiger charge is -2.19. The van der Waals surface area contributed by atoms with Gasteiger partial charge in [-0.1, -0.05) is 18.2 Å². The van der Waals surface area contributed by atoms with Crippen LogP contribution in [0.2, 0.25) is 0 Å². The van der Waals surface area contributed by atoms with Gasteiger partial charge in [-0.3, -0.25) is 0 Å². The van der Waals surface area contributed by atoms with Crippen LogP contribution < -0.4 is 5.73 Å². The SMILES string of the molecule is Cc1cccc(C(O)C(N)CO)c1C. The first-order valence-electron chi connectivity index (χ1n) is 4.68. The van der Waals surface area contributed by atoms with E-state index in [0.717, 1.165) is 16.7 Å². The number of hydrogen-bond donors (Lipinski definition) is 3. The molecule has 1 aromatic carbocycles. The van der Waals surface area contributed by atoms with Crippen LogP contribution in [0.25, 0.3) is 0 Å². The van der Waals surface area contributed by atoms with Gasteiger partial charge in [-0.25, -0.2) is 0 Å². The molecule has 0 heterocycles. The number of nitrogens with two attached hydrogens (primary N) is 1. The van der Waals surface area contributed by atoms with Gasteiger partial charge >= 0.3 is 0 Å². The molecule has 78 valence electrons.